The van der Waals surface area contributed by atoms with E-state index in [2.05, 4.69) is 0 Å². The van der Waals surface area contributed by atoms with Gasteiger partial charge in [0, 0.05) is 6.42 Å². The highest BCUT2D eigenvalue weighted by Crippen LogP contribution is 2.12. The van der Waals surface area contributed by atoms with Gasteiger partial charge in [0.25, 0.3) is 5.91 Å². The standard InChI is InChI=1S/C11H13NO4S/c1-7(11(12)15)16-10(14)5-4-8(13)9-3-2-6-17-9/h2-3,6-7H,4-5H2,1H3,(H2,12,15)/t7-/m0/s1. The number of ether oxygens (including phenoxy) is 1. The zero-order valence-electron chi connectivity index (χ0n) is 9.34. The number of primary amides is 1. The van der Waals surface area contributed by atoms with Crippen LogP contribution in [0.4, 0.5) is 0 Å². The van der Waals surface area contributed by atoms with Crippen LogP contribution in [0.2, 0.25) is 0 Å². The van der Waals surface area contributed by atoms with Crippen LogP contribution in [0.1, 0.15) is 29.4 Å². The van der Waals surface area contributed by atoms with E-state index < -0.39 is 18.0 Å². The van der Waals surface area contributed by atoms with Gasteiger partial charge in [-0.2, -0.15) is 0 Å². The molecule has 0 aliphatic carbocycles. The predicted octanol–water partition coefficient (Wildman–Crippen LogP) is 1.13. The van der Waals surface area contributed by atoms with Crippen LogP contribution in [-0.2, 0) is 14.3 Å². The van der Waals surface area contributed by atoms with Gasteiger partial charge in [0.1, 0.15) is 0 Å². The van der Waals surface area contributed by atoms with E-state index in [1.165, 1.54) is 18.3 Å². The number of carbonyl (C=O) groups excluding carboxylic acids is 3. The third kappa shape index (κ3) is 4.36. The number of hydrogen-bond donors (Lipinski definition) is 1. The first-order chi connectivity index (χ1) is 8.00. The van der Waals surface area contributed by atoms with Crippen molar-refractivity contribution < 1.29 is 19.1 Å². The van der Waals surface area contributed by atoms with Crippen LogP contribution >= 0.6 is 11.3 Å². The molecule has 0 saturated carbocycles. The molecule has 0 aliphatic heterocycles. The van der Waals surface area contributed by atoms with Crippen molar-refractivity contribution in [1.29, 1.82) is 0 Å². The van der Waals surface area contributed by atoms with Crippen molar-refractivity contribution in [1.82, 2.24) is 0 Å². The molecule has 0 bridgehead atoms. The fourth-order valence-corrected chi connectivity index (χ4v) is 1.78. The molecule has 1 atom stereocenters. The largest absolute Gasteiger partial charge is 0.453 e. The Morgan fingerprint density at radius 3 is 2.65 bits per heavy atom. The summed E-state index contributed by atoms with van der Waals surface area (Å²) in [7, 11) is 0. The van der Waals surface area contributed by atoms with Crippen molar-refractivity contribution in [3.05, 3.63) is 22.4 Å². The normalized spacial score (nSPS) is 11.8. The van der Waals surface area contributed by atoms with Gasteiger partial charge in [0.15, 0.2) is 11.9 Å². The molecule has 92 valence electrons. The average Bonchev–Trinajstić information content (AvgIpc) is 2.79. The van der Waals surface area contributed by atoms with E-state index in [0.29, 0.717) is 4.88 Å². The van der Waals surface area contributed by atoms with Crippen molar-refractivity contribution in [2.45, 2.75) is 25.9 Å². The van der Waals surface area contributed by atoms with Crippen molar-refractivity contribution >= 4 is 29.0 Å². The van der Waals surface area contributed by atoms with E-state index >= 15 is 0 Å². The van der Waals surface area contributed by atoms with E-state index in [0.717, 1.165) is 0 Å². The number of amides is 1. The van der Waals surface area contributed by atoms with E-state index in [9.17, 15) is 14.4 Å². The number of carbonyl (C=O) groups is 3. The second-order valence-electron chi connectivity index (χ2n) is 3.43. The molecular formula is C11H13NO4S. The monoisotopic (exact) mass is 255 g/mol. The van der Waals surface area contributed by atoms with Crippen LogP contribution in [0.3, 0.4) is 0 Å². The number of rotatable bonds is 6. The Morgan fingerprint density at radius 1 is 1.41 bits per heavy atom. The minimum atomic E-state index is -0.959. The number of Topliss-reactive ketones (excluding diaryl/α,β-unsaturated/α-hetero) is 1. The molecule has 6 heteroatoms. The third-order valence-corrected chi connectivity index (χ3v) is 2.97. The molecule has 5 nitrogen and oxygen atoms in total. The molecule has 0 aliphatic rings. The fourth-order valence-electron chi connectivity index (χ4n) is 1.09. The molecule has 17 heavy (non-hydrogen) atoms. The summed E-state index contributed by atoms with van der Waals surface area (Å²) in [5.41, 5.74) is 4.94. The second kappa shape index (κ2) is 6.15. The number of thiophene rings is 1. The van der Waals surface area contributed by atoms with E-state index in [1.807, 2.05) is 0 Å². The lowest BCUT2D eigenvalue weighted by Crippen LogP contribution is -2.30. The average molecular weight is 255 g/mol. The SMILES string of the molecule is C[C@H](OC(=O)CCC(=O)c1cccs1)C(N)=O. The summed E-state index contributed by atoms with van der Waals surface area (Å²) in [5, 5.41) is 1.79. The summed E-state index contributed by atoms with van der Waals surface area (Å²) in [6.45, 7) is 1.39. The number of esters is 1. The molecule has 0 saturated heterocycles. The smallest absolute Gasteiger partial charge is 0.307 e. The lowest BCUT2D eigenvalue weighted by molar-refractivity contribution is -0.153. The quantitative estimate of drug-likeness (QED) is 0.609. The van der Waals surface area contributed by atoms with E-state index in [-0.39, 0.29) is 18.6 Å². The molecule has 1 rings (SSSR count). The summed E-state index contributed by atoms with van der Waals surface area (Å²) >= 11 is 1.33. The molecular weight excluding hydrogens is 242 g/mol. The molecule has 1 heterocycles. The topological polar surface area (TPSA) is 86.5 Å². The summed E-state index contributed by atoms with van der Waals surface area (Å²) in [6.07, 6.45) is -0.932. The number of hydrogen-bond acceptors (Lipinski definition) is 5. The lowest BCUT2D eigenvalue weighted by atomic mass is 10.2. The van der Waals surface area contributed by atoms with E-state index in [1.54, 1.807) is 17.5 Å². The zero-order valence-corrected chi connectivity index (χ0v) is 10.2. The summed E-state index contributed by atoms with van der Waals surface area (Å²) in [4.78, 5) is 34.0. The van der Waals surface area contributed by atoms with Gasteiger partial charge in [-0.15, -0.1) is 11.3 Å². The molecule has 0 radical (unpaired) electrons. The second-order valence-corrected chi connectivity index (χ2v) is 4.38. The Hall–Kier alpha value is -1.69. The highest BCUT2D eigenvalue weighted by Gasteiger charge is 2.16. The number of ketones is 1. The minimum absolute atomic E-state index is 0.0473. The first-order valence-electron chi connectivity index (χ1n) is 5.06. The highest BCUT2D eigenvalue weighted by molar-refractivity contribution is 7.12. The zero-order chi connectivity index (χ0) is 12.8. The predicted molar refractivity (Wildman–Crippen MR) is 62.6 cm³/mol. The summed E-state index contributed by atoms with van der Waals surface area (Å²) in [5.74, 6) is -1.41. The van der Waals surface area contributed by atoms with Crippen molar-refractivity contribution in [3.8, 4) is 0 Å². The van der Waals surface area contributed by atoms with Crippen LogP contribution in [0.25, 0.3) is 0 Å². The van der Waals surface area contributed by atoms with Crippen molar-refractivity contribution in [2.24, 2.45) is 5.73 Å². The Morgan fingerprint density at radius 2 is 2.12 bits per heavy atom. The molecule has 0 spiro atoms. The van der Waals surface area contributed by atoms with Crippen LogP contribution in [-0.4, -0.2) is 23.8 Å². The van der Waals surface area contributed by atoms with Gasteiger partial charge in [-0.3, -0.25) is 14.4 Å². The molecule has 1 aromatic heterocycles. The van der Waals surface area contributed by atoms with Gasteiger partial charge in [-0.25, -0.2) is 0 Å². The maximum atomic E-state index is 11.5. The van der Waals surface area contributed by atoms with Crippen molar-refractivity contribution in [3.63, 3.8) is 0 Å². The van der Waals surface area contributed by atoms with Gasteiger partial charge < -0.3 is 10.5 Å². The number of nitrogens with two attached hydrogens (primary N) is 1. The maximum absolute atomic E-state index is 11.5. The summed E-state index contributed by atoms with van der Waals surface area (Å²) in [6, 6.07) is 3.47. The highest BCUT2D eigenvalue weighted by atomic mass is 32.1. The third-order valence-electron chi connectivity index (χ3n) is 2.06. The minimum Gasteiger partial charge on any atom is -0.453 e. The van der Waals surface area contributed by atoms with Crippen LogP contribution in [0.15, 0.2) is 17.5 Å². The maximum Gasteiger partial charge on any atom is 0.307 e. The molecule has 2 N–H and O–H groups in total. The Balaban J connectivity index is 2.34. The van der Waals surface area contributed by atoms with E-state index in [4.69, 9.17) is 10.5 Å². The first kappa shape index (κ1) is 13.4. The molecule has 0 unspecified atom stereocenters. The van der Waals surface area contributed by atoms with Crippen molar-refractivity contribution in [2.75, 3.05) is 0 Å². The van der Waals surface area contributed by atoms with Crippen LogP contribution in [0, 0.1) is 0 Å². The van der Waals surface area contributed by atoms with Gasteiger partial charge in [0.2, 0.25) is 0 Å². The van der Waals surface area contributed by atoms with Crippen LogP contribution in [0.5, 0.6) is 0 Å². The molecule has 0 aromatic carbocycles. The van der Waals surface area contributed by atoms with Gasteiger partial charge >= 0.3 is 5.97 Å². The van der Waals surface area contributed by atoms with Gasteiger partial charge in [-0.1, -0.05) is 6.07 Å². The summed E-state index contributed by atoms with van der Waals surface area (Å²) < 4.78 is 4.72. The van der Waals surface area contributed by atoms with Gasteiger partial charge in [0.05, 0.1) is 11.3 Å². The lowest BCUT2D eigenvalue weighted by Gasteiger charge is -2.08. The molecule has 1 amide bonds. The molecule has 1 aromatic rings. The first-order valence-corrected chi connectivity index (χ1v) is 5.94. The Bertz CT molecular complexity index is 413. The molecule has 0 fully saturated rings. The Labute approximate surface area is 103 Å². The van der Waals surface area contributed by atoms with Crippen LogP contribution < -0.4 is 5.73 Å². The van der Waals surface area contributed by atoms with Gasteiger partial charge in [-0.05, 0) is 18.4 Å². The fraction of sp³-hybridized carbons (Fsp3) is 0.364. The Kier molecular flexibility index (Phi) is 4.84.